The number of amides is 1. The van der Waals surface area contributed by atoms with E-state index in [1.165, 1.54) is 0 Å². The first kappa shape index (κ1) is 15.2. The second-order valence-electron chi connectivity index (χ2n) is 4.42. The first-order chi connectivity index (χ1) is 8.60. The van der Waals surface area contributed by atoms with Gasteiger partial charge in [0.25, 0.3) is 5.91 Å². The second-order valence-corrected chi connectivity index (χ2v) is 5.34. The zero-order valence-corrected chi connectivity index (χ0v) is 13.0. The molecule has 5 heteroatoms. The number of aryl methyl sites for hydroxylation is 1. The summed E-state index contributed by atoms with van der Waals surface area (Å²) in [6.45, 7) is 4.68. The third-order valence-electron chi connectivity index (χ3n) is 2.81. The number of hydrogen-bond donors (Lipinski definition) is 1. The number of nitrogens with zero attached hydrogens (tertiary/aromatic N) is 2. The average molecular weight is 316 g/mol. The van der Waals surface area contributed by atoms with E-state index in [0.717, 1.165) is 42.6 Å². The number of carbonyl (C=O) groups excluding carboxylic acids is 1. The van der Waals surface area contributed by atoms with Gasteiger partial charge in [0.05, 0.1) is 0 Å². The minimum absolute atomic E-state index is 0.0882. The van der Waals surface area contributed by atoms with Crippen LogP contribution in [0.4, 0.5) is 0 Å². The predicted molar refractivity (Wildman–Crippen MR) is 77.9 cm³/mol. The van der Waals surface area contributed by atoms with Gasteiger partial charge in [-0.1, -0.05) is 6.92 Å². The topological polar surface area (TPSA) is 37.3 Å². The van der Waals surface area contributed by atoms with Gasteiger partial charge in [0.2, 0.25) is 0 Å². The fourth-order valence-corrected chi connectivity index (χ4v) is 2.33. The molecule has 18 heavy (non-hydrogen) atoms. The summed E-state index contributed by atoms with van der Waals surface area (Å²) in [5, 5.41) is 3.09. The molecule has 1 rings (SSSR count). The molecular formula is C13H22BrN3O. The highest BCUT2D eigenvalue weighted by molar-refractivity contribution is 9.10. The summed E-state index contributed by atoms with van der Waals surface area (Å²) in [7, 11) is 3.78. The lowest BCUT2D eigenvalue weighted by Gasteiger charge is -2.18. The Morgan fingerprint density at radius 2 is 2.28 bits per heavy atom. The number of aromatic nitrogens is 1. The van der Waals surface area contributed by atoms with Gasteiger partial charge in [-0.15, -0.1) is 0 Å². The van der Waals surface area contributed by atoms with Crippen LogP contribution in [0.5, 0.6) is 0 Å². The van der Waals surface area contributed by atoms with E-state index in [0.29, 0.717) is 0 Å². The molecule has 1 aromatic heterocycles. The Morgan fingerprint density at radius 1 is 1.56 bits per heavy atom. The van der Waals surface area contributed by atoms with E-state index in [4.69, 9.17) is 0 Å². The quantitative estimate of drug-likeness (QED) is 0.784. The van der Waals surface area contributed by atoms with E-state index in [9.17, 15) is 4.79 Å². The van der Waals surface area contributed by atoms with E-state index >= 15 is 0 Å². The summed E-state index contributed by atoms with van der Waals surface area (Å²) in [5.74, 6) is 0.0882. The van der Waals surface area contributed by atoms with Crippen LogP contribution in [0.25, 0.3) is 0 Å². The van der Waals surface area contributed by atoms with Crippen LogP contribution in [-0.2, 0) is 6.54 Å². The van der Waals surface area contributed by atoms with Crippen molar-refractivity contribution in [3.63, 3.8) is 0 Å². The summed E-state index contributed by atoms with van der Waals surface area (Å²) in [6.07, 6.45) is 3.96. The van der Waals surface area contributed by atoms with Crippen molar-refractivity contribution >= 4 is 21.8 Å². The van der Waals surface area contributed by atoms with Crippen LogP contribution in [0, 0.1) is 0 Å². The summed E-state index contributed by atoms with van der Waals surface area (Å²) < 4.78 is 2.98. The highest BCUT2D eigenvalue weighted by atomic mass is 79.9. The lowest BCUT2D eigenvalue weighted by atomic mass is 10.3. The van der Waals surface area contributed by atoms with E-state index in [1.54, 1.807) is 4.90 Å². The van der Waals surface area contributed by atoms with Gasteiger partial charge in [0, 0.05) is 30.8 Å². The Hall–Kier alpha value is -0.810. The fraction of sp³-hybridized carbons (Fsp3) is 0.615. The first-order valence-corrected chi connectivity index (χ1v) is 7.15. The monoisotopic (exact) mass is 315 g/mol. The summed E-state index contributed by atoms with van der Waals surface area (Å²) in [6, 6.07) is 1.90. The highest BCUT2D eigenvalue weighted by Gasteiger charge is 2.16. The molecule has 1 N–H and O–H groups in total. The average Bonchev–Trinajstić information content (AvgIpc) is 2.70. The van der Waals surface area contributed by atoms with E-state index in [-0.39, 0.29) is 5.91 Å². The number of rotatable bonds is 7. The van der Waals surface area contributed by atoms with Gasteiger partial charge < -0.3 is 14.8 Å². The summed E-state index contributed by atoms with van der Waals surface area (Å²) >= 11 is 3.43. The van der Waals surface area contributed by atoms with Gasteiger partial charge in [0.15, 0.2) is 0 Å². The fourth-order valence-electron chi connectivity index (χ4n) is 1.87. The van der Waals surface area contributed by atoms with Gasteiger partial charge in [-0.2, -0.15) is 0 Å². The molecule has 0 aliphatic rings. The van der Waals surface area contributed by atoms with Gasteiger partial charge in [-0.25, -0.2) is 0 Å². The number of halogens is 1. The molecule has 0 aromatic carbocycles. The first-order valence-electron chi connectivity index (χ1n) is 6.35. The van der Waals surface area contributed by atoms with Crippen LogP contribution in [0.2, 0.25) is 0 Å². The normalized spacial score (nSPS) is 10.7. The molecule has 1 heterocycles. The maximum atomic E-state index is 12.3. The number of hydrogen-bond acceptors (Lipinski definition) is 2. The third kappa shape index (κ3) is 4.14. The van der Waals surface area contributed by atoms with Crippen molar-refractivity contribution in [1.82, 2.24) is 14.8 Å². The van der Waals surface area contributed by atoms with Gasteiger partial charge in [-0.3, -0.25) is 4.79 Å². The standard InChI is InChI=1S/C13H22BrN3O/c1-4-7-17-10-11(14)9-12(17)13(18)16(3)8-5-6-15-2/h9-10,15H,4-8H2,1-3H3. The van der Waals surface area contributed by atoms with Crippen molar-refractivity contribution in [3.8, 4) is 0 Å². The number of nitrogens with one attached hydrogen (secondary N) is 1. The third-order valence-corrected chi connectivity index (χ3v) is 3.25. The molecule has 0 radical (unpaired) electrons. The van der Waals surface area contributed by atoms with Gasteiger partial charge in [0.1, 0.15) is 5.69 Å². The smallest absolute Gasteiger partial charge is 0.270 e. The van der Waals surface area contributed by atoms with Crippen LogP contribution in [-0.4, -0.2) is 42.6 Å². The van der Waals surface area contributed by atoms with Crippen molar-refractivity contribution in [2.24, 2.45) is 0 Å². The molecule has 0 aliphatic carbocycles. The van der Waals surface area contributed by atoms with Crippen LogP contribution < -0.4 is 5.32 Å². The molecule has 0 spiro atoms. The van der Waals surface area contributed by atoms with E-state index < -0.39 is 0 Å². The molecule has 0 atom stereocenters. The maximum absolute atomic E-state index is 12.3. The van der Waals surface area contributed by atoms with Gasteiger partial charge >= 0.3 is 0 Å². The molecular weight excluding hydrogens is 294 g/mol. The molecule has 0 aliphatic heterocycles. The molecule has 0 unspecified atom stereocenters. The van der Waals surface area contributed by atoms with Crippen molar-refractivity contribution in [1.29, 1.82) is 0 Å². The molecule has 1 amide bonds. The lowest BCUT2D eigenvalue weighted by Crippen LogP contribution is -2.31. The van der Waals surface area contributed by atoms with Crippen molar-refractivity contribution in [2.45, 2.75) is 26.3 Å². The minimum atomic E-state index is 0.0882. The van der Waals surface area contributed by atoms with Gasteiger partial charge in [-0.05, 0) is 48.4 Å². The predicted octanol–water partition coefficient (Wildman–Crippen LogP) is 2.34. The Morgan fingerprint density at radius 3 is 2.89 bits per heavy atom. The zero-order valence-electron chi connectivity index (χ0n) is 11.4. The zero-order chi connectivity index (χ0) is 13.5. The Labute approximate surface area is 117 Å². The Bertz CT molecular complexity index is 390. The van der Waals surface area contributed by atoms with Crippen LogP contribution in [0.1, 0.15) is 30.3 Å². The molecule has 4 nitrogen and oxygen atoms in total. The maximum Gasteiger partial charge on any atom is 0.270 e. The largest absolute Gasteiger partial charge is 0.342 e. The Balaban J connectivity index is 2.70. The molecule has 0 bridgehead atoms. The second kappa shape index (κ2) is 7.59. The summed E-state index contributed by atoms with van der Waals surface area (Å²) in [5.41, 5.74) is 0.760. The molecule has 102 valence electrons. The van der Waals surface area contributed by atoms with E-state index in [2.05, 4.69) is 28.2 Å². The molecule has 1 aromatic rings. The Kier molecular flexibility index (Phi) is 6.43. The van der Waals surface area contributed by atoms with Crippen LogP contribution in [0.15, 0.2) is 16.7 Å². The van der Waals surface area contributed by atoms with Crippen LogP contribution in [0.3, 0.4) is 0 Å². The van der Waals surface area contributed by atoms with Crippen molar-refractivity contribution in [2.75, 3.05) is 27.2 Å². The van der Waals surface area contributed by atoms with Crippen LogP contribution >= 0.6 is 15.9 Å². The minimum Gasteiger partial charge on any atom is -0.342 e. The highest BCUT2D eigenvalue weighted by Crippen LogP contribution is 2.17. The molecule has 0 saturated heterocycles. The molecule has 0 saturated carbocycles. The lowest BCUT2D eigenvalue weighted by molar-refractivity contribution is 0.0783. The summed E-state index contributed by atoms with van der Waals surface area (Å²) in [4.78, 5) is 14.1. The van der Waals surface area contributed by atoms with E-state index in [1.807, 2.05) is 30.9 Å². The molecule has 0 fully saturated rings. The number of carbonyl (C=O) groups is 1. The van der Waals surface area contributed by atoms with Crippen molar-refractivity contribution < 1.29 is 4.79 Å². The SMILES string of the molecule is CCCn1cc(Br)cc1C(=O)N(C)CCCNC. The van der Waals surface area contributed by atoms with Crippen molar-refractivity contribution in [3.05, 3.63) is 22.4 Å².